The quantitative estimate of drug-likeness (QED) is 0.858. The van der Waals surface area contributed by atoms with Gasteiger partial charge in [0.15, 0.2) is 0 Å². The highest BCUT2D eigenvalue weighted by Crippen LogP contribution is 2.21. The van der Waals surface area contributed by atoms with Gasteiger partial charge in [0.05, 0.1) is 13.0 Å². The van der Waals surface area contributed by atoms with Gasteiger partial charge in [0.2, 0.25) is 17.6 Å². The molecule has 0 bridgehead atoms. The zero-order valence-electron chi connectivity index (χ0n) is 12.1. The molecule has 0 spiro atoms. The van der Waals surface area contributed by atoms with Crippen LogP contribution >= 0.6 is 0 Å². The summed E-state index contributed by atoms with van der Waals surface area (Å²) in [5.41, 5.74) is 0.559. The molecule has 2 atom stereocenters. The second kappa shape index (κ2) is 6.42. The Kier molecular flexibility index (Phi) is 4.62. The molecule has 7 nitrogen and oxygen atoms in total. The molecule has 7 heteroatoms. The van der Waals surface area contributed by atoms with E-state index in [0.717, 1.165) is 6.54 Å². The molecule has 0 aliphatic heterocycles. The van der Waals surface area contributed by atoms with E-state index in [4.69, 9.17) is 9.26 Å². The van der Waals surface area contributed by atoms with Gasteiger partial charge in [-0.05, 0) is 19.5 Å². The Morgan fingerprint density at radius 2 is 2.10 bits per heavy atom. The van der Waals surface area contributed by atoms with Crippen molar-refractivity contribution in [1.29, 1.82) is 0 Å². The molecular formula is C13H19N5O2. The van der Waals surface area contributed by atoms with Gasteiger partial charge in [0, 0.05) is 12.1 Å². The fraction of sp³-hybridized carbons (Fsp3) is 0.538. The number of hydrogen-bond acceptors (Lipinski definition) is 7. The average molecular weight is 277 g/mol. The second-order valence-corrected chi connectivity index (χ2v) is 4.55. The molecule has 0 fully saturated rings. The Hall–Kier alpha value is -2.02. The summed E-state index contributed by atoms with van der Waals surface area (Å²) in [7, 11) is 1.54. The maximum absolute atomic E-state index is 5.30. The van der Waals surface area contributed by atoms with Crippen LogP contribution in [0.5, 0.6) is 5.88 Å². The lowest BCUT2D eigenvalue weighted by atomic mass is 10.0. The van der Waals surface area contributed by atoms with Gasteiger partial charge in [-0.15, -0.1) is 10.2 Å². The minimum absolute atomic E-state index is 0.127. The largest absolute Gasteiger partial charge is 0.480 e. The van der Waals surface area contributed by atoms with E-state index in [-0.39, 0.29) is 12.0 Å². The lowest BCUT2D eigenvalue weighted by molar-refractivity contribution is 0.332. The van der Waals surface area contributed by atoms with Crippen LogP contribution in [0.4, 0.5) is 0 Å². The minimum atomic E-state index is 0.127. The smallest absolute Gasteiger partial charge is 0.233 e. The summed E-state index contributed by atoms with van der Waals surface area (Å²) >= 11 is 0. The van der Waals surface area contributed by atoms with E-state index in [0.29, 0.717) is 23.3 Å². The topological polar surface area (TPSA) is 86.0 Å². The molecule has 0 radical (unpaired) electrons. The molecule has 20 heavy (non-hydrogen) atoms. The summed E-state index contributed by atoms with van der Waals surface area (Å²) < 4.78 is 10.3. The molecule has 2 aromatic rings. The van der Waals surface area contributed by atoms with Gasteiger partial charge in [-0.3, -0.25) is 0 Å². The first-order chi connectivity index (χ1) is 9.65. The van der Waals surface area contributed by atoms with E-state index >= 15 is 0 Å². The van der Waals surface area contributed by atoms with Crippen molar-refractivity contribution in [2.24, 2.45) is 0 Å². The molecule has 0 aliphatic rings. The van der Waals surface area contributed by atoms with Crippen LogP contribution in [0.3, 0.4) is 0 Å². The molecule has 0 aromatic carbocycles. The highest BCUT2D eigenvalue weighted by Gasteiger charge is 2.21. The number of aromatic nitrogens is 4. The van der Waals surface area contributed by atoms with Gasteiger partial charge < -0.3 is 14.6 Å². The van der Waals surface area contributed by atoms with Crippen molar-refractivity contribution in [1.82, 2.24) is 25.7 Å². The first kappa shape index (κ1) is 14.4. The number of hydrogen-bond donors (Lipinski definition) is 1. The Morgan fingerprint density at radius 1 is 1.30 bits per heavy atom. The summed E-state index contributed by atoms with van der Waals surface area (Å²) in [4.78, 5) is 4.38. The van der Waals surface area contributed by atoms with Crippen LogP contribution in [0.25, 0.3) is 11.5 Å². The van der Waals surface area contributed by atoms with E-state index in [2.05, 4.69) is 39.5 Å². The van der Waals surface area contributed by atoms with Gasteiger partial charge in [-0.1, -0.05) is 19.0 Å². The predicted octanol–water partition coefficient (Wildman–Crippen LogP) is 1.64. The number of likely N-dealkylation sites (N-methyl/N-ethyl adjacent to an activating group) is 1. The number of ether oxygens (including phenoxy) is 1. The Labute approximate surface area is 117 Å². The van der Waals surface area contributed by atoms with Gasteiger partial charge in [-0.25, -0.2) is 0 Å². The molecule has 2 unspecified atom stereocenters. The van der Waals surface area contributed by atoms with Crippen LogP contribution in [0.1, 0.15) is 32.6 Å². The third-order valence-corrected chi connectivity index (χ3v) is 3.19. The normalized spacial score (nSPS) is 14.0. The molecule has 2 heterocycles. The maximum Gasteiger partial charge on any atom is 0.233 e. The second-order valence-electron chi connectivity index (χ2n) is 4.55. The summed E-state index contributed by atoms with van der Waals surface area (Å²) in [6, 6.07) is 3.72. The van der Waals surface area contributed by atoms with Crippen molar-refractivity contribution in [3.63, 3.8) is 0 Å². The molecule has 2 rings (SSSR count). The summed E-state index contributed by atoms with van der Waals surface area (Å²) in [6.07, 6.45) is 0. The first-order valence-electron chi connectivity index (χ1n) is 6.60. The third-order valence-electron chi connectivity index (χ3n) is 3.19. The third kappa shape index (κ3) is 3.11. The van der Waals surface area contributed by atoms with Crippen molar-refractivity contribution in [3.05, 3.63) is 18.0 Å². The van der Waals surface area contributed by atoms with Crippen molar-refractivity contribution in [3.8, 4) is 17.4 Å². The van der Waals surface area contributed by atoms with E-state index in [9.17, 15) is 0 Å². The summed E-state index contributed by atoms with van der Waals surface area (Å²) in [5, 5.41) is 15.2. The Balaban J connectivity index is 2.15. The lowest BCUT2D eigenvalue weighted by Crippen LogP contribution is -2.30. The standard InChI is InChI=1S/C13H19N5O2/c1-5-14-9(3)8(2)13-15-12(18-20-13)10-6-7-11(19-4)17-16-10/h6-9,14H,5H2,1-4H3. The molecule has 0 saturated carbocycles. The van der Waals surface area contributed by atoms with Crippen LogP contribution in [0, 0.1) is 0 Å². The summed E-state index contributed by atoms with van der Waals surface area (Å²) in [5.74, 6) is 1.60. The number of nitrogens with zero attached hydrogens (tertiary/aromatic N) is 4. The van der Waals surface area contributed by atoms with Gasteiger partial charge in [0.25, 0.3) is 0 Å². The fourth-order valence-corrected chi connectivity index (χ4v) is 1.78. The lowest BCUT2D eigenvalue weighted by Gasteiger charge is -2.16. The van der Waals surface area contributed by atoms with Crippen LogP contribution in [-0.2, 0) is 0 Å². The van der Waals surface area contributed by atoms with Crippen LogP contribution in [0.2, 0.25) is 0 Å². The van der Waals surface area contributed by atoms with E-state index in [1.54, 1.807) is 19.2 Å². The molecule has 108 valence electrons. The van der Waals surface area contributed by atoms with Crippen molar-refractivity contribution in [2.75, 3.05) is 13.7 Å². The van der Waals surface area contributed by atoms with Crippen molar-refractivity contribution >= 4 is 0 Å². The van der Waals surface area contributed by atoms with Crippen molar-refractivity contribution in [2.45, 2.75) is 32.7 Å². The number of methoxy groups -OCH3 is 1. The van der Waals surface area contributed by atoms with Crippen molar-refractivity contribution < 1.29 is 9.26 Å². The molecule has 0 aliphatic carbocycles. The highest BCUT2D eigenvalue weighted by molar-refractivity contribution is 5.47. The Morgan fingerprint density at radius 3 is 2.70 bits per heavy atom. The van der Waals surface area contributed by atoms with Gasteiger partial charge in [0.1, 0.15) is 5.69 Å². The number of nitrogens with one attached hydrogen (secondary N) is 1. The fourth-order valence-electron chi connectivity index (χ4n) is 1.78. The van der Waals surface area contributed by atoms with E-state index < -0.39 is 0 Å². The molecular weight excluding hydrogens is 258 g/mol. The monoisotopic (exact) mass is 277 g/mol. The predicted molar refractivity (Wildman–Crippen MR) is 73.4 cm³/mol. The van der Waals surface area contributed by atoms with Gasteiger partial charge in [-0.2, -0.15) is 4.98 Å². The van der Waals surface area contributed by atoms with Crippen LogP contribution in [-0.4, -0.2) is 40.0 Å². The van der Waals surface area contributed by atoms with Crippen LogP contribution < -0.4 is 10.1 Å². The zero-order valence-corrected chi connectivity index (χ0v) is 12.1. The van der Waals surface area contributed by atoms with Gasteiger partial charge >= 0.3 is 0 Å². The zero-order chi connectivity index (χ0) is 14.5. The molecule has 0 saturated heterocycles. The SMILES string of the molecule is CCNC(C)C(C)c1nc(-c2ccc(OC)nn2)no1. The highest BCUT2D eigenvalue weighted by atomic mass is 16.5. The molecule has 2 aromatic heterocycles. The van der Waals surface area contributed by atoms with E-state index in [1.165, 1.54) is 0 Å². The van der Waals surface area contributed by atoms with E-state index in [1.807, 2.05) is 6.92 Å². The Bertz CT molecular complexity index is 540. The molecule has 0 amide bonds. The van der Waals surface area contributed by atoms with Crippen LogP contribution in [0.15, 0.2) is 16.7 Å². The maximum atomic E-state index is 5.30. The number of rotatable bonds is 6. The molecule has 1 N–H and O–H groups in total. The summed E-state index contributed by atoms with van der Waals surface area (Å²) in [6.45, 7) is 7.10. The first-order valence-corrected chi connectivity index (χ1v) is 6.60. The average Bonchev–Trinajstić information content (AvgIpc) is 2.96. The minimum Gasteiger partial charge on any atom is -0.480 e.